The molecule has 1 rings (SSSR count). The van der Waals surface area contributed by atoms with E-state index < -0.39 is 0 Å². The Morgan fingerprint density at radius 1 is 1.12 bits per heavy atom. The molecule has 1 amide bonds. The minimum Gasteiger partial charge on any atom is -0.351 e. The van der Waals surface area contributed by atoms with Crippen LogP contribution in [0.25, 0.3) is 0 Å². The molecule has 0 aliphatic heterocycles. The van der Waals surface area contributed by atoms with E-state index in [1.165, 1.54) is 5.56 Å². The standard InChI is InChI=1S/C14H22N2O/c1-14(2,3)12-7-5-11(6-8-12)13(17)16-10-9-15-4/h5-8,15H,9-10H2,1-4H3,(H,16,17). The number of carbonyl (C=O) groups excluding carboxylic acids is 1. The second kappa shape index (κ2) is 5.82. The molecule has 1 aromatic carbocycles. The van der Waals surface area contributed by atoms with Gasteiger partial charge in [-0.1, -0.05) is 32.9 Å². The lowest BCUT2D eigenvalue weighted by molar-refractivity contribution is 0.0954. The largest absolute Gasteiger partial charge is 0.351 e. The molecular weight excluding hydrogens is 212 g/mol. The van der Waals surface area contributed by atoms with Gasteiger partial charge in [0.05, 0.1) is 0 Å². The summed E-state index contributed by atoms with van der Waals surface area (Å²) in [6.07, 6.45) is 0. The Kier molecular flexibility index (Phi) is 4.70. The lowest BCUT2D eigenvalue weighted by atomic mass is 9.87. The lowest BCUT2D eigenvalue weighted by Gasteiger charge is -2.19. The summed E-state index contributed by atoms with van der Waals surface area (Å²) in [7, 11) is 1.87. The molecule has 0 aliphatic carbocycles. The van der Waals surface area contributed by atoms with Crippen molar-refractivity contribution in [1.29, 1.82) is 0 Å². The monoisotopic (exact) mass is 234 g/mol. The van der Waals surface area contributed by atoms with Gasteiger partial charge in [-0.25, -0.2) is 0 Å². The summed E-state index contributed by atoms with van der Waals surface area (Å²) in [5.74, 6) is -0.0132. The topological polar surface area (TPSA) is 41.1 Å². The van der Waals surface area contributed by atoms with Crippen molar-refractivity contribution in [1.82, 2.24) is 10.6 Å². The third kappa shape index (κ3) is 4.19. The molecule has 3 heteroatoms. The molecule has 0 atom stereocenters. The second-order valence-corrected chi connectivity index (χ2v) is 5.19. The van der Waals surface area contributed by atoms with Crippen molar-refractivity contribution in [3.63, 3.8) is 0 Å². The van der Waals surface area contributed by atoms with Crippen molar-refractivity contribution >= 4 is 5.91 Å². The average molecular weight is 234 g/mol. The summed E-state index contributed by atoms with van der Waals surface area (Å²) < 4.78 is 0. The van der Waals surface area contributed by atoms with Gasteiger partial charge in [-0.3, -0.25) is 4.79 Å². The maximum Gasteiger partial charge on any atom is 0.251 e. The molecule has 0 unspecified atom stereocenters. The Hall–Kier alpha value is -1.35. The molecule has 0 heterocycles. The van der Waals surface area contributed by atoms with Gasteiger partial charge in [-0.05, 0) is 30.2 Å². The first kappa shape index (κ1) is 13.7. The Morgan fingerprint density at radius 2 is 1.71 bits per heavy atom. The summed E-state index contributed by atoms with van der Waals surface area (Å²) in [5, 5.41) is 5.85. The molecule has 0 radical (unpaired) electrons. The fourth-order valence-electron chi connectivity index (χ4n) is 1.52. The van der Waals surface area contributed by atoms with Gasteiger partial charge in [0.1, 0.15) is 0 Å². The highest BCUT2D eigenvalue weighted by atomic mass is 16.1. The molecule has 94 valence electrons. The van der Waals surface area contributed by atoms with Gasteiger partial charge < -0.3 is 10.6 Å². The Morgan fingerprint density at radius 3 is 2.18 bits per heavy atom. The zero-order valence-corrected chi connectivity index (χ0v) is 11.1. The summed E-state index contributed by atoms with van der Waals surface area (Å²) in [5.41, 5.74) is 2.08. The number of benzene rings is 1. The van der Waals surface area contributed by atoms with Crippen LogP contribution in [0.4, 0.5) is 0 Å². The quantitative estimate of drug-likeness (QED) is 0.782. The third-order valence-electron chi connectivity index (χ3n) is 2.67. The second-order valence-electron chi connectivity index (χ2n) is 5.19. The smallest absolute Gasteiger partial charge is 0.251 e. The van der Waals surface area contributed by atoms with E-state index in [0.29, 0.717) is 12.1 Å². The van der Waals surface area contributed by atoms with Crippen molar-refractivity contribution < 1.29 is 4.79 Å². The van der Waals surface area contributed by atoms with Crippen molar-refractivity contribution in [2.45, 2.75) is 26.2 Å². The zero-order valence-electron chi connectivity index (χ0n) is 11.1. The van der Waals surface area contributed by atoms with Crippen molar-refractivity contribution in [3.05, 3.63) is 35.4 Å². The Balaban J connectivity index is 2.64. The van der Waals surface area contributed by atoms with Crippen LogP contribution in [0.2, 0.25) is 0 Å². The van der Waals surface area contributed by atoms with Gasteiger partial charge in [0.2, 0.25) is 0 Å². The van der Waals surface area contributed by atoms with Gasteiger partial charge in [-0.2, -0.15) is 0 Å². The number of likely N-dealkylation sites (N-methyl/N-ethyl adjacent to an activating group) is 1. The SMILES string of the molecule is CNCCNC(=O)c1ccc(C(C)(C)C)cc1. The molecule has 3 nitrogen and oxygen atoms in total. The van der Waals surface area contributed by atoms with Crippen LogP contribution in [-0.2, 0) is 5.41 Å². The van der Waals surface area contributed by atoms with Gasteiger partial charge >= 0.3 is 0 Å². The van der Waals surface area contributed by atoms with Gasteiger partial charge in [-0.15, -0.1) is 0 Å². The first-order valence-electron chi connectivity index (χ1n) is 5.98. The van der Waals surface area contributed by atoms with Gasteiger partial charge in [0, 0.05) is 18.7 Å². The number of hydrogen-bond donors (Lipinski definition) is 2. The summed E-state index contributed by atoms with van der Waals surface area (Å²) in [6.45, 7) is 7.92. The molecular formula is C14H22N2O. The summed E-state index contributed by atoms with van der Waals surface area (Å²) in [6, 6.07) is 7.81. The van der Waals surface area contributed by atoms with Gasteiger partial charge in [0.15, 0.2) is 0 Å². The third-order valence-corrected chi connectivity index (χ3v) is 2.67. The van der Waals surface area contributed by atoms with Crippen LogP contribution in [0, 0.1) is 0 Å². The van der Waals surface area contributed by atoms with Crippen molar-refractivity contribution in [2.24, 2.45) is 0 Å². The predicted octanol–water partition coefficient (Wildman–Crippen LogP) is 1.93. The molecule has 0 saturated carbocycles. The van der Waals surface area contributed by atoms with E-state index in [1.54, 1.807) is 0 Å². The van der Waals surface area contributed by atoms with E-state index in [1.807, 2.05) is 31.3 Å². The lowest BCUT2D eigenvalue weighted by Crippen LogP contribution is -2.30. The van der Waals surface area contributed by atoms with E-state index >= 15 is 0 Å². The minimum absolute atomic E-state index is 0.0132. The van der Waals surface area contributed by atoms with Crippen LogP contribution in [-0.4, -0.2) is 26.0 Å². The van der Waals surface area contributed by atoms with E-state index in [0.717, 1.165) is 6.54 Å². The number of carbonyl (C=O) groups is 1. The normalized spacial score (nSPS) is 11.3. The van der Waals surface area contributed by atoms with E-state index in [9.17, 15) is 4.79 Å². The molecule has 0 fully saturated rings. The molecule has 1 aromatic rings. The number of nitrogens with one attached hydrogen (secondary N) is 2. The Bertz CT molecular complexity index is 363. The van der Waals surface area contributed by atoms with Crippen molar-refractivity contribution in [3.8, 4) is 0 Å². The van der Waals surface area contributed by atoms with Crippen LogP contribution in [0.15, 0.2) is 24.3 Å². The van der Waals surface area contributed by atoms with E-state index in [-0.39, 0.29) is 11.3 Å². The van der Waals surface area contributed by atoms with Crippen molar-refractivity contribution in [2.75, 3.05) is 20.1 Å². The number of hydrogen-bond acceptors (Lipinski definition) is 2. The highest BCUT2D eigenvalue weighted by Crippen LogP contribution is 2.22. The van der Waals surface area contributed by atoms with Crippen LogP contribution in [0.3, 0.4) is 0 Å². The van der Waals surface area contributed by atoms with Crippen LogP contribution >= 0.6 is 0 Å². The fourth-order valence-corrected chi connectivity index (χ4v) is 1.52. The molecule has 0 aliphatic rings. The highest BCUT2D eigenvalue weighted by Gasteiger charge is 2.13. The predicted molar refractivity (Wildman–Crippen MR) is 71.4 cm³/mol. The average Bonchev–Trinajstić information content (AvgIpc) is 2.28. The number of amides is 1. The molecule has 2 N–H and O–H groups in total. The fraction of sp³-hybridized carbons (Fsp3) is 0.500. The number of rotatable bonds is 4. The van der Waals surface area contributed by atoms with E-state index in [2.05, 4.69) is 31.4 Å². The Labute approximate surface area is 104 Å². The van der Waals surface area contributed by atoms with E-state index in [4.69, 9.17) is 0 Å². The zero-order chi connectivity index (χ0) is 12.9. The van der Waals surface area contributed by atoms with Gasteiger partial charge in [0.25, 0.3) is 5.91 Å². The molecule has 0 saturated heterocycles. The first-order chi connectivity index (χ1) is 7.95. The molecule has 0 spiro atoms. The molecule has 0 bridgehead atoms. The summed E-state index contributed by atoms with van der Waals surface area (Å²) in [4.78, 5) is 11.7. The minimum atomic E-state index is -0.0132. The maximum absolute atomic E-state index is 11.7. The van der Waals surface area contributed by atoms with Crippen LogP contribution < -0.4 is 10.6 Å². The first-order valence-corrected chi connectivity index (χ1v) is 5.98. The maximum atomic E-state index is 11.7. The molecule has 17 heavy (non-hydrogen) atoms. The van der Waals surface area contributed by atoms with Crippen LogP contribution in [0.1, 0.15) is 36.7 Å². The molecule has 0 aromatic heterocycles. The van der Waals surface area contributed by atoms with Crippen LogP contribution in [0.5, 0.6) is 0 Å². The highest BCUT2D eigenvalue weighted by molar-refractivity contribution is 5.94. The summed E-state index contributed by atoms with van der Waals surface area (Å²) >= 11 is 0.